The predicted octanol–water partition coefficient (Wildman–Crippen LogP) is 1.91. The van der Waals surface area contributed by atoms with Crippen molar-refractivity contribution in [2.45, 2.75) is 47.8 Å². The van der Waals surface area contributed by atoms with Gasteiger partial charge >= 0.3 is 186 Å². The molecule has 0 radical (unpaired) electrons. The van der Waals surface area contributed by atoms with E-state index in [1.54, 1.807) is 11.1 Å². The van der Waals surface area contributed by atoms with E-state index in [2.05, 4.69) is 82.3 Å². The van der Waals surface area contributed by atoms with Crippen LogP contribution < -0.4 is 24.8 Å². The first kappa shape index (κ1) is 26.6. The number of halogens is 2. The quantitative estimate of drug-likeness (QED) is 0.464. The van der Waals surface area contributed by atoms with Crippen molar-refractivity contribution >= 4 is 14.0 Å². The van der Waals surface area contributed by atoms with Gasteiger partial charge in [0.1, 0.15) is 0 Å². The van der Waals surface area contributed by atoms with E-state index in [1.807, 2.05) is 5.31 Å². The second kappa shape index (κ2) is 12.0. The zero-order valence-corrected chi connectivity index (χ0v) is 23.6. The van der Waals surface area contributed by atoms with Gasteiger partial charge in [-0.1, -0.05) is 0 Å². The fourth-order valence-electron chi connectivity index (χ4n) is 5.29. The molecule has 4 rings (SSSR count). The zero-order valence-electron chi connectivity index (χ0n) is 18.7. The first-order chi connectivity index (χ1) is 13.5. The number of allylic oxidation sites excluding steroid dienone is 5. The van der Waals surface area contributed by atoms with E-state index in [0.29, 0.717) is 0 Å². The molecular formula is C26H35Cl2PZr. The largest absolute Gasteiger partial charge is 1.00 e. The Bertz CT molecular complexity index is 773. The van der Waals surface area contributed by atoms with Crippen molar-refractivity contribution in [1.82, 2.24) is 0 Å². The van der Waals surface area contributed by atoms with Crippen LogP contribution in [-0.2, 0) is 23.2 Å². The summed E-state index contributed by atoms with van der Waals surface area (Å²) in [6, 6.07) is 9.38. The molecule has 0 amide bonds. The maximum Gasteiger partial charge on any atom is -1.00 e. The third kappa shape index (κ3) is 6.01. The fraction of sp³-hybridized carbons (Fsp3) is 0.538. The molecule has 4 heteroatoms. The van der Waals surface area contributed by atoms with Crippen LogP contribution in [0.25, 0.3) is 6.08 Å². The Kier molecular flexibility index (Phi) is 10.6. The Labute approximate surface area is 209 Å². The molecule has 1 aromatic carbocycles. The second-order valence-corrected chi connectivity index (χ2v) is 16.1. The molecule has 1 fully saturated rings. The molecule has 1 saturated carbocycles. The molecule has 3 aliphatic carbocycles. The number of hydrogen-bond donors (Lipinski definition) is 0. The normalized spacial score (nSPS) is 26.2. The van der Waals surface area contributed by atoms with Crippen LogP contribution in [0.4, 0.5) is 0 Å². The van der Waals surface area contributed by atoms with Gasteiger partial charge in [-0.25, -0.2) is 0 Å². The van der Waals surface area contributed by atoms with Crippen LogP contribution in [0.15, 0.2) is 53.9 Å². The van der Waals surface area contributed by atoms with Crippen LogP contribution in [-0.4, -0.2) is 12.3 Å². The van der Waals surface area contributed by atoms with Crippen molar-refractivity contribution in [1.29, 1.82) is 0 Å². The minimum Gasteiger partial charge on any atom is -1.00 e. The third-order valence-corrected chi connectivity index (χ3v) is 15.5. The summed E-state index contributed by atoms with van der Waals surface area (Å²) in [7, 11) is 0.00582. The summed E-state index contributed by atoms with van der Waals surface area (Å²) in [6.07, 6.45) is 18.1. The average molecular weight is 541 g/mol. The molecule has 3 aliphatic rings. The second-order valence-electron chi connectivity index (χ2n) is 9.69. The molecule has 1 aromatic rings. The smallest absolute Gasteiger partial charge is 1.00 e. The molecule has 162 valence electrons. The van der Waals surface area contributed by atoms with E-state index in [9.17, 15) is 0 Å². The van der Waals surface area contributed by atoms with E-state index < -0.39 is 23.2 Å². The Balaban J connectivity index is 0.00000160. The van der Waals surface area contributed by atoms with Gasteiger partial charge in [-0.3, -0.25) is 0 Å². The Hall–Kier alpha value is 0.333. The van der Waals surface area contributed by atoms with Crippen molar-refractivity contribution in [3.8, 4) is 0 Å². The summed E-state index contributed by atoms with van der Waals surface area (Å²) in [5, 5.41) is 1.89. The molecule has 30 heavy (non-hydrogen) atoms. The van der Waals surface area contributed by atoms with Crippen LogP contribution in [0.3, 0.4) is 0 Å². The van der Waals surface area contributed by atoms with E-state index >= 15 is 0 Å². The van der Waals surface area contributed by atoms with Crippen LogP contribution in [0, 0.1) is 23.7 Å². The van der Waals surface area contributed by atoms with Gasteiger partial charge in [0, 0.05) is 0 Å². The van der Waals surface area contributed by atoms with Crippen LogP contribution in [0.5, 0.6) is 0 Å². The minimum atomic E-state index is -0.556. The molecular weight excluding hydrogens is 505 g/mol. The van der Waals surface area contributed by atoms with E-state index in [1.165, 1.54) is 25.2 Å². The minimum absolute atomic E-state index is 0. The van der Waals surface area contributed by atoms with Gasteiger partial charge in [-0.05, 0) is 0 Å². The molecule has 0 heterocycles. The van der Waals surface area contributed by atoms with Gasteiger partial charge in [0.25, 0.3) is 0 Å². The van der Waals surface area contributed by atoms with Crippen LogP contribution in [0.1, 0.15) is 55.3 Å². The van der Waals surface area contributed by atoms with Gasteiger partial charge in [0.2, 0.25) is 0 Å². The molecule has 4 unspecified atom stereocenters. The average Bonchev–Trinajstić information content (AvgIpc) is 3.23. The van der Waals surface area contributed by atoms with Crippen molar-refractivity contribution in [3.05, 3.63) is 65.0 Å². The third-order valence-electron chi connectivity index (χ3n) is 6.40. The van der Waals surface area contributed by atoms with Gasteiger partial charge in [-0.2, -0.15) is 0 Å². The van der Waals surface area contributed by atoms with Crippen molar-refractivity contribution in [3.63, 3.8) is 0 Å². The summed E-state index contributed by atoms with van der Waals surface area (Å²) < 4.78 is 1.86. The van der Waals surface area contributed by atoms with Crippen molar-refractivity contribution in [2.75, 3.05) is 12.3 Å². The molecule has 0 bridgehead atoms. The van der Waals surface area contributed by atoms with E-state index in [0.717, 1.165) is 30.9 Å². The van der Waals surface area contributed by atoms with Crippen molar-refractivity contribution < 1.29 is 48.0 Å². The monoisotopic (exact) mass is 538 g/mol. The van der Waals surface area contributed by atoms with Gasteiger partial charge < -0.3 is 24.8 Å². The van der Waals surface area contributed by atoms with Gasteiger partial charge in [0.15, 0.2) is 0 Å². The SMILES string of the molecule is CC(C)CP(CC(C)C)C1=Cc2ccccc2[CH]1[Zr+2][CH]1CCC2C=CC=CC21.[Cl-].[Cl-]. The summed E-state index contributed by atoms with van der Waals surface area (Å²) in [5.41, 5.74) is 3.25. The molecule has 4 atom stereocenters. The number of hydrogen-bond acceptors (Lipinski definition) is 0. The maximum absolute atomic E-state index is 2.65. The molecule has 0 saturated heterocycles. The molecule has 0 aliphatic heterocycles. The van der Waals surface area contributed by atoms with E-state index in [-0.39, 0.29) is 32.7 Å². The fourth-order valence-corrected chi connectivity index (χ4v) is 15.2. The van der Waals surface area contributed by atoms with E-state index in [4.69, 9.17) is 0 Å². The molecule has 0 nitrogen and oxygen atoms in total. The van der Waals surface area contributed by atoms with Crippen molar-refractivity contribution in [2.24, 2.45) is 23.7 Å². The topological polar surface area (TPSA) is 0 Å². The van der Waals surface area contributed by atoms with Crippen LogP contribution >= 0.6 is 7.92 Å². The van der Waals surface area contributed by atoms with Gasteiger partial charge in [0.05, 0.1) is 0 Å². The number of fused-ring (bicyclic) bond motifs is 2. The first-order valence-electron chi connectivity index (χ1n) is 11.2. The Morgan fingerprint density at radius 2 is 1.60 bits per heavy atom. The van der Waals surface area contributed by atoms with Crippen LogP contribution in [0.2, 0.25) is 3.63 Å². The number of rotatable bonds is 7. The zero-order chi connectivity index (χ0) is 19.7. The summed E-state index contributed by atoms with van der Waals surface area (Å²) in [5.74, 6) is 3.31. The predicted molar refractivity (Wildman–Crippen MR) is 122 cm³/mol. The summed E-state index contributed by atoms with van der Waals surface area (Å²) in [6.45, 7) is 9.70. The molecule has 0 aromatic heterocycles. The summed E-state index contributed by atoms with van der Waals surface area (Å²) in [4.78, 5) is 0. The molecule has 0 N–H and O–H groups in total. The number of benzene rings is 1. The standard InChI is InChI=1S/C17H24P.C9H11.2ClH.Zr/c1-13(2)11-18(12-14(3)4)17-9-15-7-5-6-8-16(15)10-17;1-2-5-9-7-3-6-8(9)4-1;;;/h5-10,13-14H,11-12H2,1-4H3;1-2,4-6,8-9H,3,7H2;2*1H;/q;;;;+2/p-2. The van der Waals surface area contributed by atoms with Gasteiger partial charge in [-0.15, -0.1) is 0 Å². The first-order valence-corrected chi connectivity index (χ1v) is 15.7. The Morgan fingerprint density at radius 3 is 2.30 bits per heavy atom. The Morgan fingerprint density at radius 1 is 0.933 bits per heavy atom. The maximum atomic E-state index is 2.65. The molecule has 0 spiro atoms. The summed E-state index contributed by atoms with van der Waals surface area (Å²) >= 11 is -0.556.